The van der Waals surface area contributed by atoms with E-state index in [0.717, 1.165) is 16.7 Å². The molecule has 0 spiro atoms. The average molecular weight is 306 g/mol. The molecule has 1 aliphatic heterocycles. The Balaban J connectivity index is 1.87. The molecule has 3 N–H and O–H groups in total. The second kappa shape index (κ2) is 6.24. The number of nitrogens with one attached hydrogen (secondary N) is 1. The van der Waals surface area contributed by atoms with Crippen molar-refractivity contribution in [2.45, 2.75) is 12.1 Å². The summed E-state index contributed by atoms with van der Waals surface area (Å²) >= 11 is 0. The summed E-state index contributed by atoms with van der Waals surface area (Å²) in [4.78, 5) is 22.8. The van der Waals surface area contributed by atoms with Gasteiger partial charge in [-0.2, -0.15) is 0 Å². The second-order valence-corrected chi connectivity index (χ2v) is 5.09. The molecule has 5 nitrogen and oxygen atoms in total. The van der Waals surface area contributed by atoms with Crippen LogP contribution in [0.1, 0.15) is 22.7 Å². The zero-order valence-electron chi connectivity index (χ0n) is 12.2. The molecule has 2 unspecified atom stereocenters. The van der Waals surface area contributed by atoms with Crippen molar-refractivity contribution in [1.29, 1.82) is 0 Å². The van der Waals surface area contributed by atoms with Crippen LogP contribution in [-0.4, -0.2) is 18.1 Å². The standard InChI is InChI=1S/C18H14N2O3/c19-17(21)16-15(20-18(22)23-16)14-8-4-7-13(11-14)10-9-12-5-2-1-3-6-12/h1-8,11,15-16H,(H2,19,21)(H,20,22). The summed E-state index contributed by atoms with van der Waals surface area (Å²) in [6, 6.07) is 16.3. The van der Waals surface area contributed by atoms with Crippen LogP contribution < -0.4 is 11.1 Å². The van der Waals surface area contributed by atoms with E-state index in [0.29, 0.717) is 0 Å². The Kier molecular flexibility index (Phi) is 3.98. The number of carbonyl (C=O) groups excluding carboxylic acids is 2. The molecule has 1 heterocycles. The summed E-state index contributed by atoms with van der Waals surface area (Å²) in [6.07, 6.45) is -1.67. The van der Waals surface area contributed by atoms with Crippen molar-refractivity contribution in [2.24, 2.45) is 5.73 Å². The van der Waals surface area contributed by atoms with Gasteiger partial charge in [-0.15, -0.1) is 0 Å². The lowest BCUT2D eigenvalue weighted by Gasteiger charge is -2.14. The Morgan fingerprint density at radius 2 is 1.74 bits per heavy atom. The van der Waals surface area contributed by atoms with E-state index in [1.807, 2.05) is 48.5 Å². The van der Waals surface area contributed by atoms with Gasteiger partial charge in [0.1, 0.15) is 6.04 Å². The molecule has 1 fully saturated rings. The molecule has 2 aromatic rings. The van der Waals surface area contributed by atoms with Crippen molar-refractivity contribution in [3.8, 4) is 11.8 Å². The highest BCUT2D eigenvalue weighted by Gasteiger charge is 2.39. The third-order valence-electron chi connectivity index (χ3n) is 3.46. The predicted molar refractivity (Wildman–Crippen MR) is 84.2 cm³/mol. The SMILES string of the molecule is NC(=O)C1OC(=O)NC1c1cccc(C#Cc2ccccc2)c1. The average Bonchev–Trinajstić information content (AvgIpc) is 2.96. The minimum atomic E-state index is -1.01. The zero-order valence-corrected chi connectivity index (χ0v) is 12.2. The predicted octanol–water partition coefficient (Wildman–Crippen LogP) is 1.72. The Hall–Kier alpha value is -3.26. The fourth-order valence-corrected chi connectivity index (χ4v) is 2.38. The highest BCUT2D eigenvalue weighted by molar-refractivity contribution is 5.86. The first-order valence-corrected chi connectivity index (χ1v) is 7.07. The number of nitrogens with two attached hydrogens (primary N) is 1. The van der Waals surface area contributed by atoms with Crippen LogP contribution in [0.3, 0.4) is 0 Å². The lowest BCUT2D eigenvalue weighted by Crippen LogP contribution is -2.34. The van der Waals surface area contributed by atoms with Gasteiger partial charge in [0.2, 0.25) is 6.10 Å². The number of hydrogen-bond donors (Lipinski definition) is 2. The van der Waals surface area contributed by atoms with Gasteiger partial charge in [-0.25, -0.2) is 4.79 Å². The van der Waals surface area contributed by atoms with Crippen LogP contribution in [0.15, 0.2) is 54.6 Å². The van der Waals surface area contributed by atoms with Crippen molar-refractivity contribution >= 4 is 12.0 Å². The largest absolute Gasteiger partial charge is 0.433 e. The number of amides is 2. The van der Waals surface area contributed by atoms with Crippen molar-refractivity contribution in [2.75, 3.05) is 0 Å². The molecule has 0 aliphatic carbocycles. The number of cyclic esters (lactones) is 1. The molecule has 0 saturated carbocycles. The zero-order chi connectivity index (χ0) is 16.2. The van der Waals surface area contributed by atoms with Crippen LogP contribution in [0.5, 0.6) is 0 Å². The second-order valence-electron chi connectivity index (χ2n) is 5.09. The Labute approximate surface area is 133 Å². The Bertz CT molecular complexity index is 806. The van der Waals surface area contributed by atoms with E-state index >= 15 is 0 Å². The number of ether oxygens (including phenoxy) is 1. The topological polar surface area (TPSA) is 81.4 Å². The van der Waals surface area contributed by atoms with Gasteiger partial charge < -0.3 is 15.8 Å². The molecule has 1 aliphatic rings. The quantitative estimate of drug-likeness (QED) is 0.829. The van der Waals surface area contributed by atoms with Gasteiger partial charge in [0, 0.05) is 11.1 Å². The third kappa shape index (κ3) is 3.33. The summed E-state index contributed by atoms with van der Waals surface area (Å²) < 4.78 is 4.90. The molecule has 2 aromatic carbocycles. The molecule has 0 aromatic heterocycles. The van der Waals surface area contributed by atoms with Gasteiger partial charge in [0.05, 0.1) is 0 Å². The van der Waals surface area contributed by atoms with Gasteiger partial charge in [0.15, 0.2) is 0 Å². The molecule has 2 atom stereocenters. The van der Waals surface area contributed by atoms with Gasteiger partial charge in [0.25, 0.3) is 5.91 Å². The van der Waals surface area contributed by atoms with E-state index in [1.165, 1.54) is 0 Å². The van der Waals surface area contributed by atoms with Crippen molar-refractivity contribution in [3.05, 3.63) is 71.3 Å². The van der Waals surface area contributed by atoms with Crippen molar-refractivity contribution in [1.82, 2.24) is 5.32 Å². The molecule has 114 valence electrons. The van der Waals surface area contributed by atoms with Gasteiger partial charge in [-0.3, -0.25) is 4.79 Å². The van der Waals surface area contributed by atoms with Gasteiger partial charge >= 0.3 is 6.09 Å². The van der Waals surface area contributed by atoms with Crippen molar-refractivity contribution < 1.29 is 14.3 Å². The Morgan fingerprint density at radius 1 is 1.04 bits per heavy atom. The molecule has 1 saturated heterocycles. The maximum absolute atomic E-state index is 11.4. The van der Waals surface area contributed by atoms with Crippen LogP contribution >= 0.6 is 0 Å². The summed E-state index contributed by atoms with van der Waals surface area (Å²) in [5.74, 6) is 5.44. The molecule has 0 radical (unpaired) electrons. The molecule has 5 heteroatoms. The first-order valence-electron chi connectivity index (χ1n) is 7.07. The van der Waals surface area contributed by atoms with Gasteiger partial charge in [-0.05, 0) is 29.8 Å². The molecule has 2 amide bonds. The highest BCUT2D eigenvalue weighted by atomic mass is 16.6. The van der Waals surface area contributed by atoms with E-state index in [4.69, 9.17) is 10.5 Å². The van der Waals surface area contributed by atoms with Crippen LogP contribution in [0.2, 0.25) is 0 Å². The molecule has 23 heavy (non-hydrogen) atoms. The first-order chi connectivity index (χ1) is 11.1. The lowest BCUT2D eigenvalue weighted by molar-refractivity contribution is -0.125. The molecule has 0 bridgehead atoms. The molecule has 3 rings (SSSR count). The number of rotatable bonds is 2. The number of hydrogen-bond acceptors (Lipinski definition) is 3. The molecular formula is C18H14N2O3. The minimum absolute atomic E-state index is 0.599. The van der Waals surface area contributed by atoms with E-state index < -0.39 is 24.1 Å². The van der Waals surface area contributed by atoms with Crippen LogP contribution in [0.25, 0.3) is 0 Å². The fraction of sp³-hybridized carbons (Fsp3) is 0.111. The first kappa shape index (κ1) is 14.7. The third-order valence-corrected chi connectivity index (χ3v) is 3.46. The minimum Gasteiger partial charge on any atom is -0.433 e. The Morgan fingerprint density at radius 3 is 2.48 bits per heavy atom. The summed E-state index contributed by atoms with van der Waals surface area (Å²) in [5.41, 5.74) is 7.68. The van der Waals surface area contributed by atoms with Crippen molar-refractivity contribution in [3.63, 3.8) is 0 Å². The summed E-state index contributed by atoms with van der Waals surface area (Å²) in [7, 11) is 0. The number of primary amides is 1. The van der Waals surface area contributed by atoms with Crippen LogP contribution in [0.4, 0.5) is 4.79 Å². The van der Waals surface area contributed by atoms with E-state index in [1.54, 1.807) is 6.07 Å². The van der Waals surface area contributed by atoms with E-state index in [2.05, 4.69) is 17.2 Å². The maximum Gasteiger partial charge on any atom is 0.408 e. The summed E-state index contributed by atoms with van der Waals surface area (Å²) in [6.45, 7) is 0. The van der Waals surface area contributed by atoms with Crippen LogP contribution in [-0.2, 0) is 9.53 Å². The number of carbonyl (C=O) groups is 2. The van der Waals surface area contributed by atoms with E-state index in [9.17, 15) is 9.59 Å². The van der Waals surface area contributed by atoms with Crippen LogP contribution in [0, 0.1) is 11.8 Å². The maximum atomic E-state index is 11.4. The fourth-order valence-electron chi connectivity index (χ4n) is 2.38. The number of benzene rings is 2. The lowest BCUT2D eigenvalue weighted by atomic mass is 9.99. The molecular weight excluding hydrogens is 292 g/mol. The summed E-state index contributed by atoms with van der Waals surface area (Å²) in [5, 5.41) is 2.59. The van der Waals surface area contributed by atoms with E-state index in [-0.39, 0.29) is 0 Å². The monoisotopic (exact) mass is 306 g/mol. The normalized spacial score (nSPS) is 19.2. The van der Waals surface area contributed by atoms with Gasteiger partial charge in [-0.1, -0.05) is 42.2 Å². The smallest absolute Gasteiger partial charge is 0.408 e. The number of alkyl carbamates (subject to hydrolysis) is 1. The highest BCUT2D eigenvalue weighted by Crippen LogP contribution is 2.25.